The Labute approximate surface area is 108 Å². The van der Waals surface area contributed by atoms with Crippen LogP contribution in [0, 0.1) is 13.8 Å². The average Bonchev–Trinajstić information content (AvgIpc) is 2.69. The predicted octanol–water partition coefficient (Wildman–Crippen LogP) is 3.32. The summed E-state index contributed by atoms with van der Waals surface area (Å²) in [4.78, 5) is 0. The van der Waals surface area contributed by atoms with E-state index in [1.54, 1.807) is 4.68 Å². The highest BCUT2D eigenvalue weighted by Crippen LogP contribution is 2.26. The van der Waals surface area contributed by atoms with Gasteiger partial charge in [-0.1, -0.05) is 19.9 Å². The van der Waals surface area contributed by atoms with E-state index in [-0.39, 0.29) is 5.88 Å². The van der Waals surface area contributed by atoms with Gasteiger partial charge in [-0.3, -0.25) is 0 Å². The highest BCUT2D eigenvalue weighted by atomic mass is 16.3. The third kappa shape index (κ3) is 2.01. The minimum atomic E-state index is 0.276. The van der Waals surface area contributed by atoms with Crippen LogP contribution in [-0.4, -0.2) is 14.9 Å². The molecule has 0 fully saturated rings. The number of nitrogens with zero attached hydrogens (tertiary/aromatic N) is 2. The fraction of sp³-hybridized carbons (Fsp3) is 0.400. The maximum atomic E-state index is 10.3. The molecule has 0 atom stereocenters. The second-order valence-electron chi connectivity index (χ2n) is 4.64. The molecule has 2 aromatic rings. The van der Waals surface area contributed by atoms with Crippen molar-refractivity contribution in [3.63, 3.8) is 0 Å². The van der Waals surface area contributed by atoms with E-state index in [9.17, 15) is 5.11 Å². The summed E-state index contributed by atoms with van der Waals surface area (Å²) in [5, 5.41) is 14.8. The van der Waals surface area contributed by atoms with Crippen LogP contribution in [0.5, 0.6) is 5.88 Å². The quantitative estimate of drug-likeness (QED) is 0.899. The Hall–Kier alpha value is -1.77. The van der Waals surface area contributed by atoms with Gasteiger partial charge < -0.3 is 5.11 Å². The standard InChI is InChI=1S/C15H20N2O/c1-5-13-14(6-2)16-17(15(13)18)12-8-7-10(3)11(4)9-12/h7-9,18H,5-6H2,1-4H3. The maximum absolute atomic E-state index is 10.3. The Morgan fingerprint density at radius 3 is 2.33 bits per heavy atom. The minimum Gasteiger partial charge on any atom is -0.493 e. The van der Waals surface area contributed by atoms with Crippen LogP contribution < -0.4 is 0 Å². The molecule has 0 spiro atoms. The first kappa shape index (κ1) is 12.7. The summed E-state index contributed by atoms with van der Waals surface area (Å²) >= 11 is 0. The molecular weight excluding hydrogens is 224 g/mol. The first-order valence-corrected chi connectivity index (χ1v) is 6.45. The van der Waals surface area contributed by atoms with Crippen molar-refractivity contribution in [2.45, 2.75) is 40.5 Å². The molecule has 1 N–H and O–H groups in total. The van der Waals surface area contributed by atoms with E-state index >= 15 is 0 Å². The van der Waals surface area contributed by atoms with Gasteiger partial charge in [0.25, 0.3) is 0 Å². The van der Waals surface area contributed by atoms with Crippen LogP contribution in [0.1, 0.15) is 36.2 Å². The molecule has 1 aromatic carbocycles. The summed E-state index contributed by atoms with van der Waals surface area (Å²) in [6, 6.07) is 6.11. The van der Waals surface area contributed by atoms with Crippen molar-refractivity contribution >= 4 is 0 Å². The zero-order valence-corrected chi connectivity index (χ0v) is 11.5. The summed E-state index contributed by atoms with van der Waals surface area (Å²) in [5.41, 5.74) is 5.31. The van der Waals surface area contributed by atoms with E-state index in [1.165, 1.54) is 11.1 Å². The van der Waals surface area contributed by atoms with Crippen molar-refractivity contribution in [2.24, 2.45) is 0 Å². The van der Waals surface area contributed by atoms with Crippen molar-refractivity contribution in [1.82, 2.24) is 9.78 Å². The van der Waals surface area contributed by atoms with Crippen molar-refractivity contribution in [2.75, 3.05) is 0 Å². The van der Waals surface area contributed by atoms with E-state index in [0.29, 0.717) is 0 Å². The normalized spacial score (nSPS) is 10.9. The second-order valence-corrected chi connectivity index (χ2v) is 4.64. The molecular formula is C15H20N2O. The van der Waals surface area contributed by atoms with Gasteiger partial charge in [0.1, 0.15) is 0 Å². The molecule has 0 saturated heterocycles. The van der Waals surface area contributed by atoms with Gasteiger partial charge in [-0.15, -0.1) is 0 Å². The van der Waals surface area contributed by atoms with Gasteiger partial charge in [-0.25, -0.2) is 4.68 Å². The van der Waals surface area contributed by atoms with E-state index in [0.717, 1.165) is 29.8 Å². The van der Waals surface area contributed by atoms with E-state index in [2.05, 4.69) is 38.0 Å². The Balaban J connectivity index is 2.56. The molecule has 0 aliphatic heterocycles. The summed E-state index contributed by atoms with van der Waals surface area (Å²) in [7, 11) is 0. The molecule has 0 aliphatic carbocycles. The molecule has 0 bridgehead atoms. The molecule has 3 nitrogen and oxygen atoms in total. The van der Waals surface area contributed by atoms with Gasteiger partial charge >= 0.3 is 0 Å². The zero-order valence-electron chi connectivity index (χ0n) is 11.5. The monoisotopic (exact) mass is 244 g/mol. The topological polar surface area (TPSA) is 38.0 Å². The molecule has 96 valence electrons. The van der Waals surface area contributed by atoms with Gasteiger partial charge in [0.2, 0.25) is 5.88 Å². The minimum absolute atomic E-state index is 0.276. The van der Waals surface area contributed by atoms with Crippen LogP contribution >= 0.6 is 0 Å². The first-order chi connectivity index (χ1) is 8.58. The summed E-state index contributed by atoms with van der Waals surface area (Å²) in [6.45, 7) is 8.25. The number of aryl methyl sites for hydroxylation is 3. The SMILES string of the molecule is CCc1nn(-c2ccc(C)c(C)c2)c(O)c1CC. The van der Waals surface area contributed by atoms with Crippen LogP contribution in [0.25, 0.3) is 5.69 Å². The summed E-state index contributed by atoms with van der Waals surface area (Å²) in [5.74, 6) is 0.276. The van der Waals surface area contributed by atoms with Crippen LogP contribution in [-0.2, 0) is 12.8 Å². The van der Waals surface area contributed by atoms with Crippen LogP contribution in [0.15, 0.2) is 18.2 Å². The molecule has 0 unspecified atom stereocenters. The molecule has 0 amide bonds. The maximum Gasteiger partial charge on any atom is 0.217 e. The second kappa shape index (κ2) is 4.84. The molecule has 0 radical (unpaired) electrons. The number of aromatic nitrogens is 2. The van der Waals surface area contributed by atoms with Gasteiger partial charge in [0.15, 0.2) is 0 Å². The molecule has 18 heavy (non-hydrogen) atoms. The lowest BCUT2D eigenvalue weighted by molar-refractivity contribution is 0.428. The lowest BCUT2D eigenvalue weighted by Gasteiger charge is -2.06. The number of hydrogen-bond donors (Lipinski definition) is 1. The van der Waals surface area contributed by atoms with Crippen molar-refractivity contribution in [1.29, 1.82) is 0 Å². The third-order valence-electron chi connectivity index (χ3n) is 3.46. The van der Waals surface area contributed by atoms with E-state index in [4.69, 9.17) is 0 Å². The Morgan fingerprint density at radius 2 is 1.83 bits per heavy atom. The van der Waals surface area contributed by atoms with Crippen LogP contribution in [0.2, 0.25) is 0 Å². The van der Waals surface area contributed by atoms with E-state index in [1.807, 2.05) is 13.0 Å². The fourth-order valence-corrected chi connectivity index (χ4v) is 2.17. The third-order valence-corrected chi connectivity index (χ3v) is 3.46. The van der Waals surface area contributed by atoms with Gasteiger partial charge in [-0.05, 0) is 49.9 Å². The molecule has 1 aromatic heterocycles. The number of benzene rings is 1. The largest absolute Gasteiger partial charge is 0.493 e. The van der Waals surface area contributed by atoms with Crippen LogP contribution in [0.3, 0.4) is 0 Å². The first-order valence-electron chi connectivity index (χ1n) is 6.45. The van der Waals surface area contributed by atoms with Crippen molar-refractivity contribution in [3.05, 3.63) is 40.6 Å². The smallest absolute Gasteiger partial charge is 0.217 e. The average molecular weight is 244 g/mol. The van der Waals surface area contributed by atoms with Gasteiger partial charge in [0.05, 0.1) is 11.4 Å². The lowest BCUT2D eigenvalue weighted by Crippen LogP contribution is -1.98. The highest BCUT2D eigenvalue weighted by molar-refractivity contribution is 5.44. The van der Waals surface area contributed by atoms with Gasteiger partial charge in [0, 0.05) is 5.56 Å². The molecule has 0 saturated carbocycles. The molecule has 2 rings (SSSR count). The Morgan fingerprint density at radius 1 is 1.11 bits per heavy atom. The summed E-state index contributed by atoms with van der Waals surface area (Å²) in [6.07, 6.45) is 1.65. The molecule has 0 aliphatic rings. The van der Waals surface area contributed by atoms with Crippen molar-refractivity contribution < 1.29 is 5.11 Å². The van der Waals surface area contributed by atoms with Gasteiger partial charge in [-0.2, -0.15) is 5.10 Å². The summed E-state index contributed by atoms with van der Waals surface area (Å²) < 4.78 is 1.64. The van der Waals surface area contributed by atoms with Crippen molar-refractivity contribution in [3.8, 4) is 11.6 Å². The molecule has 1 heterocycles. The van der Waals surface area contributed by atoms with Crippen LogP contribution in [0.4, 0.5) is 0 Å². The lowest BCUT2D eigenvalue weighted by atomic mass is 10.1. The zero-order chi connectivity index (χ0) is 13.3. The predicted molar refractivity (Wildman–Crippen MR) is 73.5 cm³/mol. The number of hydrogen-bond acceptors (Lipinski definition) is 2. The highest BCUT2D eigenvalue weighted by Gasteiger charge is 2.15. The Bertz CT molecular complexity index is 570. The van der Waals surface area contributed by atoms with E-state index < -0.39 is 0 Å². The Kier molecular flexibility index (Phi) is 3.41. The number of aromatic hydroxyl groups is 1. The fourth-order valence-electron chi connectivity index (χ4n) is 2.17. The molecule has 3 heteroatoms. The number of rotatable bonds is 3.